The molecule has 7 nitrogen and oxygen atoms in total. The molecule has 166 valence electrons. The molecular formula is C25H26N2O5. The van der Waals surface area contributed by atoms with Gasteiger partial charge in [0, 0.05) is 19.0 Å². The van der Waals surface area contributed by atoms with E-state index in [1.165, 1.54) is 11.1 Å². The molecule has 32 heavy (non-hydrogen) atoms. The van der Waals surface area contributed by atoms with Crippen LogP contribution in [0.3, 0.4) is 0 Å². The molecule has 3 N–H and O–H groups in total. The molecule has 0 unspecified atom stereocenters. The zero-order valence-electron chi connectivity index (χ0n) is 17.7. The van der Waals surface area contributed by atoms with Gasteiger partial charge in [-0.3, -0.25) is 9.59 Å². The number of carbonyl (C=O) groups is 3. The molecule has 0 aliphatic heterocycles. The quantitative estimate of drug-likeness (QED) is 0.591. The lowest BCUT2D eigenvalue weighted by molar-refractivity contribution is -0.143. The third kappa shape index (κ3) is 3.61. The number of ether oxygens (including phenoxy) is 1. The van der Waals surface area contributed by atoms with Gasteiger partial charge in [0.05, 0.1) is 10.8 Å². The van der Waals surface area contributed by atoms with Crippen molar-refractivity contribution in [3.05, 3.63) is 59.7 Å². The highest BCUT2D eigenvalue weighted by atomic mass is 16.5. The third-order valence-corrected chi connectivity index (χ3v) is 7.14. The maximum absolute atomic E-state index is 12.6. The first-order valence-electron chi connectivity index (χ1n) is 11.0. The summed E-state index contributed by atoms with van der Waals surface area (Å²) in [5, 5.41) is 14.8. The zero-order valence-corrected chi connectivity index (χ0v) is 17.7. The van der Waals surface area contributed by atoms with Crippen LogP contribution in [0.4, 0.5) is 4.79 Å². The van der Waals surface area contributed by atoms with Gasteiger partial charge in [-0.15, -0.1) is 0 Å². The van der Waals surface area contributed by atoms with Crippen molar-refractivity contribution in [1.82, 2.24) is 10.6 Å². The summed E-state index contributed by atoms with van der Waals surface area (Å²) in [5.74, 6) is -1.07. The molecule has 5 rings (SSSR count). The highest BCUT2D eigenvalue weighted by Crippen LogP contribution is 2.48. The average Bonchev–Trinajstić information content (AvgIpc) is 3.72. The molecule has 2 saturated carbocycles. The van der Waals surface area contributed by atoms with Crippen molar-refractivity contribution in [2.24, 2.45) is 10.8 Å². The van der Waals surface area contributed by atoms with Gasteiger partial charge in [0.2, 0.25) is 5.91 Å². The Labute approximate surface area is 186 Å². The molecule has 7 heteroatoms. The molecule has 2 aromatic rings. The molecule has 0 saturated heterocycles. The van der Waals surface area contributed by atoms with Crippen molar-refractivity contribution in [3.63, 3.8) is 0 Å². The number of amides is 2. The number of benzene rings is 2. The Kier molecular flexibility index (Phi) is 4.92. The van der Waals surface area contributed by atoms with Crippen LogP contribution in [0.5, 0.6) is 0 Å². The number of carboxylic acids is 1. The summed E-state index contributed by atoms with van der Waals surface area (Å²) in [7, 11) is 0. The van der Waals surface area contributed by atoms with Gasteiger partial charge < -0.3 is 20.5 Å². The number of carboxylic acid groups (broad SMARTS) is 1. The Hall–Kier alpha value is -3.35. The zero-order chi connectivity index (χ0) is 22.3. The van der Waals surface area contributed by atoms with E-state index >= 15 is 0 Å². The van der Waals surface area contributed by atoms with Crippen LogP contribution in [-0.2, 0) is 14.3 Å². The maximum Gasteiger partial charge on any atom is 0.407 e. The van der Waals surface area contributed by atoms with E-state index in [9.17, 15) is 19.5 Å². The topological polar surface area (TPSA) is 105 Å². The van der Waals surface area contributed by atoms with E-state index in [1.54, 1.807) is 0 Å². The molecule has 0 aromatic heterocycles. The average molecular weight is 434 g/mol. The molecule has 2 fully saturated rings. The smallest absolute Gasteiger partial charge is 0.407 e. The Morgan fingerprint density at radius 2 is 1.38 bits per heavy atom. The number of rotatable bonds is 8. The summed E-state index contributed by atoms with van der Waals surface area (Å²) in [6.45, 7) is 0.559. The van der Waals surface area contributed by atoms with E-state index in [2.05, 4.69) is 34.9 Å². The van der Waals surface area contributed by atoms with Gasteiger partial charge >= 0.3 is 12.1 Å². The van der Waals surface area contributed by atoms with E-state index < -0.39 is 22.9 Å². The molecule has 2 amide bonds. The Bertz CT molecular complexity index is 1040. The summed E-state index contributed by atoms with van der Waals surface area (Å²) in [6.07, 6.45) is 1.97. The van der Waals surface area contributed by atoms with Crippen molar-refractivity contribution in [2.75, 3.05) is 19.7 Å². The van der Waals surface area contributed by atoms with Crippen molar-refractivity contribution in [3.8, 4) is 11.1 Å². The first-order chi connectivity index (χ1) is 15.4. The number of aliphatic carboxylic acids is 1. The fourth-order valence-corrected chi connectivity index (χ4v) is 4.58. The van der Waals surface area contributed by atoms with Crippen LogP contribution in [0.15, 0.2) is 48.5 Å². The summed E-state index contributed by atoms with van der Waals surface area (Å²) >= 11 is 0. The van der Waals surface area contributed by atoms with E-state index in [0.29, 0.717) is 25.7 Å². The molecule has 0 spiro atoms. The molecule has 0 atom stereocenters. The summed E-state index contributed by atoms with van der Waals surface area (Å²) in [5.41, 5.74) is 3.17. The number of hydrogen-bond acceptors (Lipinski definition) is 4. The molecule has 0 radical (unpaired) electrons. The Balaban J connectivity index is 1.14. The van der Waals surface area contributed by atoms with Crippen LogP contribution in [0.2, 0.25) is 0 Å². The van der Waals surface area contributed by atoms with Gasteiger partial charge in [-0.25, -0.2) is 4.79 Å². The fraction of sp³-hybridized carbons (Fsp3) is 0.400. The van der Waals surface area contributed by atoms with E-state index in [4.69, 9.17) is 4.74 Å². The first-order valence-corrected chi connectivity index (χ1v) is 11.0. The van der Waals surface area contributed by atoms with Gasteiger partial charge in [-0.05, 0) is 47.9 Å². The minimum atomic E-state index is -0.862. The lowest BCUT2D eigenvalue weighted by Gasteiger charge is -2.19. The number of carbonyl (C=O) groups excluding carboxylic acids is 2. The van der Waals surface area contributed by atoms with Crippen molar-refractivity contribution < 1.29 is 24.2 Å². The van der Waals surface area contributed by atoms with Crippen LogP contribution in [-0.4, -0.2) is 42.8 Å². The number of nitrogens with one attached hydrogen (secondary N) is 2. The number of fused-ring (bicyclic) bond motifs is 3. The van der Waals surface area contributed by atoms with Crippen molar-refractivity contribution in [1.29, 1.82) is 0 Å². The standard InChI is InChI=1S/C25H26N2O5/c28-21(26-15-25(11-12-25)22(29)30)24(9-10-24)14-27-23(31)32-13-20-18-7-3-1-5-16(18)17-6-2-4-8-19(17)20/h1-8,20H,9-15H2,(H,26,28)(H,27,31)(H,29,30). The van der Waals surface area contributed by atoms with Crippen molar-refractivity contribution >= 4 is 18.0 Å². The molecular weight excluding hydrogens is 408 g/mol. The second-order valence-corrected chi connectivity index (χ2v) is 9.23. The van der Waals surface area contributed by atoms with E-state index in [0.717, 1.165) is 11.1 Å². The number of hydrogen-bond donors (Lipinski definition) is 3. The predicted octanol–water partition coefficient (Wildman–Crippen LogP) is 3.29. The fourth-order valence-electron chi connectivity index (χ4n) is 4.58. The lowest BCUT2D eigenvalue weighted by atomic mass is 9.98. The highest BCUT2D eigenvalue weighted by molar-refractivity contribution is 5.87. The van der Waals surface area contributed by atoms with Gasteiger partial charge in [0.1, 0.15) is 6.61 Å². The second kappa shape index (κ2) is 7.65. The van der Waals surface area contributed by atoms with Crippen molar-refractivity contribution in [2.45, 2.75) is 31.6 Å². The predicted molar refractivity (Wildman–Crippen MR) is 117 cm³/mol. The monoisotopic (exact) mass is 434 g/mol. The third-order valence-electron chi connectivity index (χ3n) is 7.14. The first kappa shape index (κ1) is 20.5. The molecule has 0 heterocycles. The maximum atomic E-state index is 12.6. The molecule has 2 aromatic carbocycles. The van der Waals surface area contributed by atoms with Crippen LogP contribution in [0, 0.1) is 10.8 Å². The van der Waals surface area contributed by atoms with E-state index in [-0.39, 0.29) is 31.5 Å². The van der Waals surface area contributed by atoms with Crippen LogP contribution >= 0.6 is 0 Å². The second-order valence-electron chi connectivity index (χ2n) is 9.23. The minimum absolute atomic E-state index is 0.0166. The SMILES string of the molecule is O=C(NCC1(C(=O)NCC2(C(=O)O)CC2)CC1)OCC1c2ccccc2-c2ccccc21. The largest absolute Gasteiger partial charge is 0.481 e. The van der Waals surface area contributed by atoms with Crippen LogP contribution < -0.4 is 10.6 Å². The normalized spacial score (nSPS) is 18.8. The highest BCUT2D eigenvalue weighted by Gasteiger charge is 2.54. The van der Waals surface area contributed by atoms with Gasteiger partial charge in [0.15, 0.2) is 0 Å². The molecule has 3 aliphatic rings. The summed E-state index contributed by atoms with van der Waals surface area (Å²) in [4.78, 5) is 36.3. The van der Waals surface area contributed by atoms with E-state index in [1.807, 2.05) is 24.3 Å². The lowest BCUT2D eigenvalue weighted by Crippen LogP contribution is -2.43. The molecule has 3 aliphatic carbocycles. The van der Waals surface area contributed by atoms with Crippen LogP contribution in [0.25, 0.3) is 11.1 Å². The summed E-state index contributed by atoms with van der Waals surface area (Å²) in [6, 6.07) is 16.3. The molecule has 0 bridgehead atoms. The summed E-state index contributed by atoms with van der Waals surface area (Å²) < 4.78 is 5.54. The van der Waals surface area contributed by atoms with Gasteiger partial charge in [-0.1, -0.05) is 48.5 Å². The Morgan fingerprint density at radius 1 is 0.844 bits per heavy atom. The number of alkyl carbamates (subject to hydrolysis) is 1. The van der Waals surface area contributed by atoms with Gasteiger partial charge in [-0.2, -0.15) is 0 Å². The minimum Gasteiger partial charge on any atom is -0.481 e. The van der Waals surface area contributed by atoms with Crippen LogP contribution in [0.1, 0.15) is 42.7 Å². The van der Waals surface area contributed by atoms with Gasteiger partial charge in [0.25, 0.3) is 0 Å². The Morgan fingerprint density at radius 3 is 1.91 bits per heavy atom.